The van der Waals surface area contributed by atoms with Gasteiger partial charge in [0.2, 0.25) is 0 Å². The van der Waals surface area contributed by atoms with Gasteiger partial charge in [0.25, 0.3) is 0 Å². The van der Waals surface area contributed by atoms with Crippen LogP contribution in [0.3, 0.4) is 0 Å². The molecule has 0 fully saturated rings. The summed E-state index contributed by atoms with van der Waals surface area (Å²) in [6, 6.07) is 0. The van der Waals surface area contributed by atoms with Crippen LogP contribution in [-0.4, -0.2) is 13.1 Å². The molecule has 0 saturated carbocycles. The van der Waals surface area contributed by atoms with Crippen molar-refractivity contribution in [1.82, 2.24) is 0 Å². The zero-order chi connectivity index (χ0) is 16.4. The van der Waals surface area contributed by atoms with Gasteiger partial charge in [0, 0.05) is 11.9 Å². The van der Waals surface area contributed by atoms with Gasteiger partial charge < -0.3 is 4.74 Å². The predicted octanol–water partition coefficient (Wildman–Crippen LogP) is 4.86. The van der Waals surface area contributed by atoms with Crippen LogP contribution in [0.1, 0.15) is 89.4 Å². The molecule has 0 atom stereocenters. The fourth-order valence-corrected chi connectivity index (χ4v) is 1.71. The van der Waals surface area contributed by atoms with Gasteiger partial charge in [-0.3, -0.25) is 4.79 Å². The highest BCUT2D eigenvalue weighted by Gasteiger charge is 1.98. The van der Waals surface area contributed by atoms with Gasteiger partial charge in [0.1, 0.15) is 0 Å². The van der Waals surface area contributed by atoms with E-state index < -0.39 is 18.7 Å². The first-order valence-electron chi connectivity index (χ1n) is 8.88. The van der Waals surface area contributed by atoms with Gasteiger partial charge in [-0.05, 0) is 6.37 Å². The number of unbranched alkanes of at least 4 members (excludes halogenated alkanes) is 8. The highest BCUT2D eigenvalue weighted by Crippen LogP contribution is 2.11. The summed E-state index contributed by atoms with van der Waals surface area (Å²) in [5.74, 6) is -1.14. The number of rotatable bonds is 12. The van der Waals surface area contributed by atoms with Crippen molar-refractivity contribution in [2.24, 2.45) is 0 Å². The van der Waals surface area contributed by atoms with Crippen LogP contribution in [-0.2, 0) is 9.53 Å². The van der Waals surface area contributed by atoms with Gasteiger partial charge in [0.05, 0.1) is 7.11 Å². The Labute approximate surface area is 113 Å². The molecule has 0 saturated heterocycles. The Balaban J connectivity index is 3.82. The molecule has 0 aromatic carbocycles. The maximum atomic E-state index is 11.3. The number of esters is 1. The van der Waals surface area contributed by atoms with Crippen LogP contribution in [0.5, 0.6) is 0 Å². The largest absolute Gasteiger partial charge is 0.469 e. The van der Waals surface area contributed by atoms with Gasteiger partial charge in [-0.2, -0.15) is 0 Å². The van der Waals surface area contributed by atoms with E-state index >= 15 is 0 Å². The van der Waals surface area contributed by atoms with E-state index in [2.05, 4.69) is 11.7 Å². The maximum Gasteiger partial charge on any atom is 0.305 e. The van der Waals surface area contributed by atoms with Gasteiger partial charge in [-0.25, -0.2) is 0 Å². The molecule has 0 aliphatic carbocycles. The quantitative estimate of drug-likeness (QED) is 0.363. The van der Waals surface area contributed by atoms with E-state index in [1.807, 2.05) is 0 Å². The second-order valence-corrected chi connectivity index (χ2v) is 4.37. The lowest BCUT2D eigenvalue weighted by atomic mass is 10.1. The Bertz CT molecular complexity index is 293. The minimum atomic E-state index is -2.58. The van der Waals surface area contributed by atoms with Crippen molar-refractivity contribution in [3.8, 4) is 0 Å². The van der Waals surface area contributed by atoms with E-state index in [1.54, 1.807) is 0 Å². The van der Waals surface area contributed by atoms with Crippen molar-refractivity contribution in [3.05, 3.63) is 0 Å². The molecule has 0 radical (unpaired) electrons. The topological polar surface area (TPSA) is 26.3 Å². The number of hydrogen-bond acceptors (Lipinski definition) is 2. The molecule has 0 N–H and O–H groups in total. The zero-order valence-corrected chi connectivity index (χ0v) is 11.4. The Morgan fingerprint density at radius 1 is 0.941 bits per heavy atom. The summed E-state index contributed by atoms with van der Waals surface area (Å²) in [7, 11) is 1.08. The standard InChI is InChI=1S/C15H30O2/c1-3-4-5-6-7-8-9-10-11-12-13-14-15(16)17-2/h3-14H2,1-2H3/i13D2,14D2. The van der Waals surface area contributed by atoms with Crippen LogP contribution >= 0.6 is 0 Å². The van der Waals surface area contributed by atoms with E-state index in [4.69, 9.17) is 5.48 Å². The van der Waals surface area contributed by atoms with Crippen LogP contribution in [0.25, 0.3) is 0 Å². The predicted molar refractivity (Wildman–Crippen MR) is 73.1 cm³/mol. The molecule has 0 rings (SSSR count). The van der Waals surface area contributed by atoms with Crippen LogP contribution in [0.4, 0.5) is 0 Å². The van der Waals surface area contributed by atoms with Gasteiger partial charge in [-0.15, -0.1) is 0 Å². The monoisotopic (exact) mass is 246 g/mol. The molecule has 0 spiro atoms. The summed E-state index contributed by atoms with van der Waals surface area (Å²) < 4.78 is 35.0. The van der Waals surface area contributed by atoms with Crippen molar-refractivity contribution in [2.75, 3.05) is 7.11 Å². The Hall–Kier alpha value is -0.530. The van der Waals surface area contributed by atoms with E-state index in [0.717, 1.165) is 26.4 Å². The van der Waals surface area contributed by atoms with Crippen molar-refractivity contribution in [3.63, 3.8) is 0 Å². The van der Waals surface area contributed by atoms with Crippen LogP contribution in [0.2, 0.25) is 0 Å². The number of carbonyl (C=O) groups excluding carboxylic acids is 1. The molecule has 0 aliphatic heterocycles. The van der Waals surface area contributed by atoms with Crippen molar-refractivity contribution in [2.45, 2.75) is 83.9 Å². The van der Waals surface area contributed by atoms with E-state index in [1.165, 1.54) is 32.1 Å². The molecule has 17 heavy (non-hydrogen) atoms. The summed E-state index contributed by atoms with van der Waals surface area (Å²) in [5, 5.41) is 0. The Morgan fingerprint density at radius 2 is 1.41 bits per heavy atom. The Kier molecular flexibility index (Phi) is 8.28. The molecule has 0 aliphatic rings. The molecule has 0 aromatic heterocycles. The number of hydrogen-bond donors (Lipinski definition) is 0. The Morgan fingerprint density at radius 3 is 1.88 bits per heavy atom. The fourth-order valence-electron chi connectivity index (χ4n) is 1.71. The van der Waals surface area contributed by atoms with Gasteiger partial charge >= 0.3 is 5.97 Å². The number of ether oxygens (including phenoxy) is 1. The second kappa shape index (κ2) is 13.5. The molecular formula is C15H30O2. The molecule has 0 amide bonds. The highest BCUT2D eigenvalue weighted by molar-refractivity contribution is 5.68. The SMILES string of the molecule is [2H]C([2H])(CCCCCCCCCCC)C([2H])([2H])C(=O)OC. The third-order valence-electron chi connectivity index (χ3n) is 2.78. The lowest BCUT2D eigenvalue weighted by Gasteiger charge is -2.02. The summed E-state index contributed by atoms with van der Waals surface area (Å²) in [5.41, 5.74) is 0. The molecule has 0 aromatic rings. The van der Waals surface area contributed by atoms with Crippen molar-refractivity contribution >= 4 is 5.97 Å². The maximum absolute atomic E-state index is 11.3. The molecule has 2 nitrogen and oxygen atoms in total. The van der Waals surface area contributed by atoms with Crippen LogP contribution in [0.15, 0.2) is 0 Å². The van der Waals surface area contributed by atoms with Gasteiger partial charge in [-0.1, -0.05) is 71.1 Å². The molecular weight excluding hydrogens is 212 g/mol. The highest BCUT2D eigenvalue weighted by atomic mass is 16.5. The fraction of sp³-hybridized carbons (Fsp3) is 0.933. The van der Waals surface area contributed by atoms with E-state index in [0.29, 0.717) is 6.42 Å². The lowest BCUT2D eigenvalue weighted by Crippen LogP contribution is -1.99. The third kappa shape index (κ3) is 13.4. The number of methoxy groups -OCH3 is 1. The minimum Gasteiger partial charge on any atom is -0.469 e. The summed E-state index contributed by atoms with van der Waals surface area (Å²) in [4.78, 5) is 11.3. The normalized spacial score (nSPS) is 15.6. The van der Waals surface area contributed by atoms with Crippen LogP contribution < -0.4 is 0 Å². The average Bonchev–Trinajstić information content (AvgIpc) is 2.44. The van der Waals surface area contributed by atoms with E-state index in [-0.39, 0.29) is 6.42 Å². The van der Waals surface area contributed by atoms with Gasteiger partial charge in [0.15, 0.2) is 0 Å². The molecule has 0 unspecified atom stereocenters. The average molecular weight is 246 g/mol. The third-order valence-corrected chi connectivity index (χ3v) is 2.78. The first-order chi connectivity index (χ1) is 9.79. The first kappa shape index (κ1) is 10.4. The number of carbonyl (C=O) groups is 1. The lowest BCUT2D eigenvalue weighted by molar-refractivity contribution is -0.140. The minimum absolute atomic E-state index is 0.0466. The zero-order valence-electron chi connectivity index (χ0n) is 15.4. The van der Waals surface area contributed by atoms with Crippen molar-refractivity contribution < 1.29 is 15.0 Å². The summed E-state index contributed by atoms with van der Waals surface area (Å²) in [6.45, 7) is 2.20. The molecule has 0 heterocycles. The summed E-state index contributed by atoms with van der Waals surface area (Å²) >= 11 is 0. The van der Waals surface area contributed by atoms with Crippen molar-refractivity contribution in [1.29, 1.82) is 0 Å². The molecule has 102 valence electrons. The van der Waals surface area contributed by atoms with Crippen LogP contribution in [0, 0.1) is 0 Å². The molecule has 0 bridgehead atoms. The second-order valence-electron chi connectivity index (χ2n) is 4.37. The van der Waals surface area contributed by atoms with E-state index in [9.17, 15) is 4.79 Å². The summed E-state index contributed by atoms with van der Waals surface area (Å²) in [6.07, 6.45) is 5.27. The molecule has 2 heteroatoms. The smallest absolute Gasteiger partial charge is 0.305 e. The first-order valence-corrected chi connectivity index (χ1v) is 6.88.